The Bertz CT molecular complexity index is 1220. The summed E-state index contributed by atoms with van der Waals surface area (Å²) in [5.41, 5.74) is 0. The van der Waals surface area contributed by atoms with Crippen molar-refractivity contribution in [1.29, 1.82) is 0 Å². The van der Waals surface area contributed by atoms with Gasteiger partial charge in [0, 0.05) is 19.3 Å². The van der Waals surface area contributed by atoms with Crippen LogP contribution in [0.4, 0.5) is 0 Å². The largest absolute Gasteiger partial charge is 0.462 e. The minimum absolute atomic E-state index is 0.101. The molecular formula is C56H94O6. The molecule has 0 saturated heterocycles. The van der Waals surface area contributed by atoms with E-state index in [1.54, 1.807) is 0 Å². The van der Waals surface area contributed by atoms with E-state index >= 15 is 0 Å². The van der Waals surface area contributed by atoms with Gasteiger partial charge in [0.05, 0.1) is 0 Å². The first-order valence-electron chi connectivity index (χ1n) is 25.6. The van der Waals surface area contributed by atoms with Crippen LogP contribution in [0.1, 0.15) is 233 Å². The Balaban J connectivity index is 4.43. The Labute approximate surface area is 382 Å². The van der Waals surface area contributed by atoms with Crippen LogP contribution < -0.4 is 0 Å². The molecule has 0 spiro atoms. The summed E-state index contributed by atoms with van der Waals surface area (Å²) in [7, 11) is 0. The Morgan fingerprint density at radius 1 is 0.339 bits per heavy atom. The Kier molecular flexibility index (Phi) is 47.5. The molecule has 0 aromatic heterocycles. The van der Waals surface area contributed by atoms with Crippen molar-refractivity contribution in [3.63, 3.8) is 0 Å². The summed E-state index contributed by atoms with van der Waals surface area (Å²) in [6, 6.07) is 0. The van der Waals surface area contributed by atoms with Crippen LogP contribution in [0.2, 0.25) is 0 Å². The fraction of sp³-hybridized carbons (Fsp3) is 0.696. The van der Waals surface area contributed by atoms with Crippen LogP contribution in [0.5, 0.6) is 0 Å². The summed E-state index contributed by atoms with van der Waals surface area (Å²) < 4.78 is 16.7. The quantitative estimate of drug-likeness (QED) is 0.0263. The number of allylic oxidation sites excluding steroid dienone is 14. The van der Waals surface area contributed by atoms with Gasteiger partial charge in [0.1, 0.15) is 13.2 Å². The first kappa shape index (κ1) is 58.6. The zero-order valence-corrected chi connectivity index (χ0v) is 40.4. The van der Waals surface area contributed by atoms with Gasteiger partial charge in [0.25, 0.3) is 0 Å². The molecular weight excluding hydrogens is 769 g/mol. The zero-order chi connectivity index (χ0) is 45.1. The first-order valence-corrected chi connectivity index (χ1v) is 25.6. The molecule has 0 bridgehead atoms. The van der Waals surface area contributed by atoms with Crippen molar-refractivity contribution in [2.24, 2.45) is 0 Å². The molecule has 1 unspecified atom stereocenters. The van der Waals surface area contributed by atoms with Crippen LogP contribution in [-0.4, -0.2) is 37.2 Å². The van der Waals surface area contributed by atoms with Gasteiger partial charge >= 0.3 is 17.9 Å². The van der Waals surface area contributed by atoms with Gasteiger partial charge in [0.2, 0.25) is 0 Å². The zero-order valence-electron chi connectivity index (χ0n) is 40.4. The lowest BCUT2D eigenvalue weighted by Gasteiger charge is -2.18. The summed E-state index contributed by atoms with van der Waals surface area (Å²) >= 11 is 0. The lowest BCUT2D eigenvalue weighted by atomic mass is 10.1. The second-order valence-corrected chi connectivity index (χ2v) is 16.7. The maximum Gasteiger partial charge on any atom is 0.306 e. The second kappa shape index (κ2) is 50.2. The number of carbonyl (C=O) groups is 3. The maximum atomic E-state index is 12.8. The predicted octanol–water partition coefficient (Wildman–Crippen LogP) is 16.8. The van der Waals surface area contributed by atoms with Crippen LogP contribution in [-0.2, 0) is 28.6 Å². The van der Waals surface area contributed by atoms with Crippen LogP contribution >= 0.6 is 0 Å². The third-order valence-corrected chi connectivity index (χ3v) is 10.6. The molecule has 0 fully saturated rings. The Hall–Kier alpha value is -3.41. The van der Waals surface area contributed by atoms with Gasteiger partial charge in [-0.3, -0.25) is 14.4 Å². The lowest BCUT2D eigenvalue weighted by molar-refractivity contribution is -0.167. The summed E-state index contributed by atoms with van der Waals surface area (Å²) in [5, 5.41) is 0. The van der Waals surface area contributed by atoms with Crippen molar-refractivity contribution in [2.45, 2.75) is 239 Å². The van der Waals surface area contributed by atoms with Crippen molar-refractivity contribution in [2.75, 3.05) is 13.2 Å². The topological polar surface area (TPSA) is 78.9 Å². The second-order valence-electron chi connectivity index (χ2n) is 16.7. The highest BCUT2D eigenvalue weighted by Gasteiger charge is 2.19. The van der Waals surface area contributed by atoms with Crippen molar-refractivity contribution < 1.29 is 28.6 Å². The smallest absolute Gasteiger partial charge is 0.306 e. The highest BCUT2D eigenvalue weighted by atomic mass is 16.6. The first-order chi connectivity index (χ1) is 30.5. The minimum Gasteiger partial charge on any atom is -0.462 e. The molecule has 354 valence electrons. The predicted molar refractivity (Wildman–Crippen MR) is 265 cm³/mol. The van der Waals surface area contributed by atoms with Gasteiger partial charge in [-0.2, -0.15) is 0 Å². The number of hydrogen-bond donors (Lipinski definition) is 0. The number of carbonyl (C=O) groups excluding carboxylic acids is 3. The highest BCUT2D eigenvalue weighted by molar-refractivity contribution is 5.71. The van der Waals surface area contributed by atoms with E-state index in [0.717, 1.165) is 109 Å². The van der Waals surface area contributed by atoms with Gasteiger partial charge in [-0.15, -0.1) is 0 Å². The van der Waals surface area contributed by atoms with E-state index in [4.69, 9.17) is 14.2 Å². The van der Waals surface area contributed by atoms with Crippen LogP contribution in [0.3, 0.4) is 0 Å². The van der Waals surface area contributed by atoms with Gasteiger partial charge in [-0.1, -0.05) is 189 Å². The molecule has 6 nitrogen and oxygen atoms in total. The molecule has 0 radical (unpaired) electrons. The SMILES string of the molecule is CC/C=C\C/C=C\C/C=C\CCCCCC(=O)OCC(COC(=O)CCCCCCCCC/C=C\CCCCCCCCC)OC(=O)CCCCC/C=C\C/C=C\C/C=C\CC. The molecule has 0 aliphatic carbocycles. The third kappa shape index (κ3) is 47.6. The van der Waals surface area contributed by atoms with E-state index in [-0.39, 0.29) is 37.5 Å². The van der Waals surface area contributed by atoms with Crippen LogP contribution in [0.15, 0.2) is 85.1 Å². The molecule has 62 heavy (non-hydrogen) atoms. The van der Waals surface area contributed by atoms with Crippen LogP contribution in [0.25, 0.3) is 0 Å². The van der Waals surface area contributed by atoms with Gasteiger partial charge < -0.3 is 14.2 Å². The van der Waals surface area contributed by atoms with Crippen molar-refractivity contribution in [1.82, 2.24) is 0 Å². The fourth-order valence-corrected chi connectivity index (χ4v) is 6.82. The summed E-state index contributed by atoms with van der Waals surface area (Å²) in [6.07, 6.45) is 64.3. The van der Waals surface area contributed by atoms with Gasteiger partial charge in [-0.05, 0) is 109 Å². The molecule has 0 aliphatic rings. The number of rotatable bonds is 45. The van der Waals surface area contributed by atoms with Gasteiger partial charge in [-0.25, -0.2) is 0 Å². The molecule has 0 rings (SSSR count). The Morgan fingerprint density at radius 2 is 0.629 bits per heavy atom. The summed E-state index contributed by atoms with van der Waals surface area (Å²) in [6.45, 7) is 6.35. The average Bonchev–Trinajstić information content (AvgIpc) is 3.27. The van der Waals surface area contributed by atoms with Gasteiger partial charge in [0.15, 0.2) is 6.10 Å². The molecule has 0 aromatic carbocycles. The average molecular weight is 863 g/mol. The molecule has 0 saturated carbocycles. The molecule has 0 aromatic rings. The normalized spacial score (nSPS) is 12.8. The van der Waals surface area contributed by atoms with E-state index in [2.05, 4.69) is 106 Å². The summed E-state index contributed by atoms with van der Waals surface area (Å²) in [4.78, 5) is 37.9. The van der Waals surface area contributed by atoms with E-state index in [1.807, 2.05) is 0 Å². The molecule has 0 aliphatic heterocycles. The number of hydrogen-bond acceptors (Lipinski definition) is 6. The molecule has 6 heteroatoms. The summed E-state index contributed by atoms with van der Waals surface area (Å²) in [5.74, 6) is -0.967. The monoisotopic (exact) mass is 863 g/mol. The van der Waals surface area contributed by atoms with E-state index in [1.165, 1.54) is 83.5 Å². The fourth-order valence-electron chi connectivity index (χ4n) is 6.82. The van der Waals surface area contributed by atoms with E-state index in [9.17, 15) is 14.4 Å². The van der Waals surface area contributed by atoms with Crippen molar-refractivity contribution in [3.05, 3.63) is 85.1 Å². The van der Waals surface area contributed by atoms with Crippen molar-refractivity contribution in [3.8, 4) is 0 Å². The minimum atomic E-state index is -0.805. The van der Waals surface area contributed by atoms with Crippen LogP contribution in [0, 0.1) is 0 Å². The highest BCUT2D eigenvalue weighted by Crippen LogP contribution is 2.13. The molecule has 0 N–H and O–H groups in total. The molecule has 0 heterocycles. The maximum absolute atomic E-state index is 12.8. The Morgan fingerprint density at radius 3 is 1.02 bits per heavy atom. The third-order valence-electron chi connectivity index (χ3n) is 10.6. The molecule has 1 atom stereocenters. The molecule has 0 amide bonds. The number of unbranched alkanes of at least 4 members (excludes halogenated alkanes) is 20. The van der Waals surface area contributed by atoms with Crippen molar-refractivity contribution >= 4 is 17.9 Å². The number of esters is 3. The standard InChI is InChI=1S/C56H94O6/c1-4-7-10-13-16-19-22-25-26-27-28-29-32-34-37-40-43-46-49-55(58)61-52-53(62-56(59)50-47-44-41-38-35-31-24-21-18-15-12-9-6-3)51-60-54(57)48-45-42-39-36-33-30-23-20-17-14-11-8-5-2/h8-9,11-12,17-18,20-21,26-27,30-31,33,35,53H,4-7,10,13-16,19,22-25,28-29,32,34,36-52H2,1-3H3/b11-8-,12-9-,20-17-,21-18-,27-26-,33-30-,35-31-. The van der Waals surface area contributed by atoms with E-state index in [0.29, 0.717) is 12.8 Å². The van der Waals surface area contributed by atoms with E-state index < -0.39 is 6.10 Å². The lowest BCUT2D eigenvalue weighted by Crippen LogP contribution is -2.30. The number of ether oxygens (including phenoxy) is 3.